The van der Waals surface area contributed by atoms with Crippen molar-refractivity contribution < 1.29 is 27.9 Å². The van der Waals surface area contributed by atoms with E-state index in [4.69, 9.17) is 14.2 Å². The number of rotatable bonds is 7. The molecule has 1 aromatic rings. The highest BCUT2D eigenvalue weighted by Crippen LogP contribution is 2.39. The lowest BCUT2D eigenvalue weighted by Crippen LogP contribution is -2.09. The number of hydrogen-bond acceptors (Lipinski definition) is 5. The molecule has 0 fully saturated rings. The van der Waals surface area contributed by atoms with Gasteiger partial charge in [0.05, 0.1) is 19.1 Å². The van der Waals surface area contributed by atoms with Gasteiger partial charge in [-0.05, 0) is 17.7 Å². The van der Waals surface area contributed by atoms with Gasteiger partial charge >= 0.3 is 0 Å². The highest BCUT2D eigenvalue weighted by Gasteiger charge is 2.16. The van der Waals surface area contributed by atoms with Gasteiger partial charge in [0.25, 0.3) is 6.43 Å². The van der Waals surface area contributed by atoms with E-state index in [-0.39, 0.29) is 22.9 Å². The summed E-state index contributed by atoms with van der Waals surface area (Å²) < 4.78 is 39.6. The van der Waals surface area contributed by atoms with Crippen LogP contribution in [0.2, 0.25) is 0 Å². The molecule has 0 saturated carbocycles. The standard InChI is InChI=1S/C13H15F2NO5/c1-8(16(17)18)4-9-5-10(19-2)13(11(6-9)20-3)21-7-12(14)15/h4-6,12H,7H2,1-3H3. The van der Waals surface area contributed by atoms with Gasteiger partial charge in [-0.3, -0.25) is 10.1 Å². The molecule has 1 aromatic carbocycles. The van der Waals surface area contributed by atoms with Crippen LogP contribution in [0, 0.1) is 10.1 Å². The fraction of sp³-hybridized carbons (Fsp3) is 0.385. The number of halogens is 2. The molecule has 0 aliphatic rings. The molecule has 0 aromatic heterocycles. The molecule has 0 aliphatic heterocycles. The number of hydrogen-bond donors (Lipinski definition) is 0. The zero-order valence-corrected chi connectivity index (χ0v) is 11.8. The van der Waals surface area contributed by atoms with Crippen molar-refractivity contribution in [1.82, 2.24) is 0 Å². The smallest absolute Gasteiger partial charge is 0.272 e. The monoisotopic (exact) mass is 303 g/mol. The van der Waals surface area contributed by atoms with Gasteiger partial charge in [0, 0.05) is 13.0 Å². The van der Waals surface area contributed by atoms with E-state index in [9.17, 15) is 18.9 Å². The number of allylic oxidation sites excluding steroid dienone is 1. The van der Waals surface area contributed by atoms with Crippen molar-refractivity contribution in [2.45, 2.75) is 13.3 Å². The van der Waals surface area contributed by atoms with E-state index >= 15 is 0 Å². The second kappa shape index (κ2) is 7.41. The topological polar surface area (TPSA) is 70.8 Å². The lowest BCUT2D eigenvalue weighted by molar-refractivity contribution is -0.422. The molecule has 1 rings (SSSR count). The van der Waals surface area contributed by atoms with E-state index in [1.54, 1.807) is 0 Å². The number of alkyl halides is 2. The lowest BCUT2D eigenvalue weighted by atomic mass is 10.1. The predicted molar refractivity (Wildman–Crippen MR) is 71.7 cm³/mol. The first-order valence-electron chi connectivity index (χ1n) is 5.88. The van der Waals surface area contributed by atoms with Crippen molar-refractivity contribution in [3.05, 3.63) is 33.5 Å². The molecule has 116 valence electrons. The highest BCUT2D eigenvalue weighted by atomic mass is 19.3. The van der Waals surface area contributed by atoms with Gasteiger partial charge in [-0.15, -0.1) is 0 Å². The quantitative estimate of drug-likeness (QED) is 0.572. The van der Waals surface area contributed by atoms with Crippen molar-refractivity contribution >= 4 is 6.08 Å². The van der Waals surface area contributed by atoms with Crippen LogP contribution in [0.5, 0.6) is 17.2 Å². The Labute approximate surface area is 120 Å². The largest absolute Gasteiger partial charge is 0.493 e. The Morgan fingerprint density at radius 1 is 1.33 bits per heavy atom. The van der Waals surface area contributed by atoms with Gasteiger partial charge < -0.3 is 14.2 Å². The summed E-state index contributed by atoms with van der Waals surface area (Å²) in [5.74, 6) is 0.325. The summed E-state index contributed by atoms with van der Waals surface area (Å²) in [7, 11) is 2.66. The van der Waals surface area contributed by atoms with E-state index in [1.807, 2.05) is 0 Å². The summed E-state index contributed by atoms with van der Waals surface area (Å²) in [5, 5.41) is 10.6. The van der Waals surface area contributed by atoms with Gasteiger partial charge in [-0.2, -0.15) is 0 Å². The fourth-order valence-electron chi connectivity index (χ4n) is 1.57. The van der Waals surface area contributed by atoms with Crippen molar-refractivity contribution in [3.63, 3.8) is 0 Å². The Hall–Kier alpha value is -2.38. The number of methoxy groups -OCH3 is 2. The van der Waals surface area contributed by atoms with Crippen molar-refractivity contribution in [1.29, 1.82) is 0 Å². The first kappa shape index (κ1) is 16.7. The Kier molecular flexibility index (Phi) is 5.89. The van der Waals surface area contributed by atoms with Crippen LogP contribution in [0.4, 0.5) is 8.78 Å². The Bertz CT molecular complexity index is 520. The maximum absolute atomic E-state index is 12.2. The molecule has 0 spiro atoms. The van der Waals surface area contributed by atoms with Crippen LogP contribution in [0.25, 0.3) is 6.08 Å². The number of ether oxygens (including phenoxy) is 3. The van der Waals surface area contributed by atoms with Crippen LogP contribution in [-0.4, -0.2) is 32.2 Å². The second-order valence-electron chi connectivity index (χ2n) is 4.00. The molecule has 0 amide bonds. The normalized spacial score (nSPS) is 11.4. The van der Waals surface area contributed by atoms with Crippen molar-refractivity contribution in [2.24, 2.45) is 0 Å². The summed E-state index contributed by atoms with van der Waals surface area (Å²) in [6.07, 6.45) is -1.34. The minimum atomic E-state index is -2.64. The van der Waals surface area contributed by atoms with Crippen molar-refractivity contribution in [3.8, 4) is 17.2 Å². The SMILES string of the molecule is COc1cc(C=C(C)[N+](=O)[O-])cc(OC)c1OCC(F)F. The van der Waals surface area contributed by atoms with E-state index in [1.165, 1.54) is 39.4 Å². The highest BCUT2D eigenvalue weighted by molar-refractivity contribution is 5.62. The van der Waals surface area contributed by atoms with Crippen LogP contribution in [0.1, 0.15) is 12.5 Å². The summed E-state index contributed by atoms with van der Waals surface area (Å²) >= 11 is 0. The van der Waals surface area contributed by atoms with Gasteiger partial charge in [-0.1, -0.05) is 0 Å². The molecule has 0 N–H and O–H groups in total. The van der Waals surface area contributed by atoms with Crippen LogP contribution in [0.3, 0.4) is 0 Å². The molecule has 0 aliphatic carbocycles. The van der Waals surface area contributed by atoms with E-state index < -0.39 is 18.0 Å². The average molecular weight is 303 g/mol. The number of benzene rings is 1. The molecule has 8 heteroatoms. The van der Waals surface area contributed by atoms with Gasteiger partial charge in [0.15, 0.2) is 11.5 Å². The van der Waals surface area contributed by atoms with Crippen molar-refractivity contribution in [2.75, 3.05) is 20.8 Å². The van der Waals surface area contributed by atoms with Crippen LogP contribution in [0.15, 0.2) is 17.8 Å². The lowest BCUT2D eigenvalue weighted by Gasteiger charge is -2.15. The molecule has 21 heavy (non-hydrogen) atoms. The first-order chi connectivity index (χ1) is 9.88. The zero-order chi connectivity index (χ0) is 16.0. The van der Waals surface area contributed by atoms with Gasteiger partial charge in [0.2, 0.25) is 11.4 Å². The van der Waals surface area contributed by atoms with E-state index in [0.29, 0.717) is 5.56 Å². The second-order valence-corrected chi connectivity index (χ2v) is 4.00. The first-order valence-corrected chi connectivity index (χ1v) is 5.88. The maximum atomic E-state index is 12.2. The Morgan fingerprint density at radius 2 is 1.86 bits per heavy atom. The third-order valence-corrected chi connectivity index (χ3v) is 2.50. The summed E-state index contributed by atoms with van der Waals surface area (Å²) in [5.41, 5.74) is 0.350. The average Bonchev–Trinajstić information content (AvgIpc) is 2.44. The third kappa shape index (κ3) is 4.59. The Morgan fingerprint density at radius 3 is 2.24 bits per heavy atom. The maximum Gasteiger partial charge on any atom is 0.272 e. The summed E-state index contributed by atoms with van der Waals surface area (Å²) in [6, 6.07) is 2.88. The fourth-order valence-corrected chi connectivity index (χ4v) is 1.57. The molecule has 0 bridgehead atoms. The molecule has 6 nitrogen and oxygen atoms in total. The molecule has 0 radical (unpaired) electrons. The van der Waals surface area contributed by atoms with Gasteiger partial charge in [-0.25, -0.2) is 8.78 Å². The van der Waals surface area contributed by atoms with Gasteiger partial charge in [0.1, 0.15) is 6.61 Å². The predicted octanol–water partition coefficient (Wildman–Crippen LogP) is 2.99. The van der Waals surface area contributed by atoms with Crippen LogP contribution >= 0.6 is 0 Å². The summed E-state index contributed by atoms with van der Waals surface area (Å²) in [4.78, 5) is 10.1. The minimum Gasteiger partial charge on any atom is -0.493 e. The van der Waals surface area contributed by atoms with E-state index in [0.717, 1.165) is 0 Å². The molecule has 0 saturated heterocycles. The Balaban J connectivity index is 3.23. The van der Waals surface area contributed by atoms with Crippen LogP contribution in [-0.2, 0) is 0 Å². The molecule has 0 unspecified atom stereocenters. The molecular weight excluding hydrogens is 288 g/mol. The molecule has 0 heterocycles. The van der Waals surface area contributed by atoms with E-state index in [2.05, 4.69) is 0 Å². The molecule has 0 atom stereocenters. The number of nitrogens with zero attached hydrogens (tertiary/aromatic N) is 1. The summed E-state index contributed by atoms with van der Waals surface area (Å²) in [6.45, 7) is 0.524. The minimum absolute atomic E-state index is 0.0243. The zero-order valence-electron chi connectivity index (χ0n) is 11.8. The third-order valence-electron chi connectivity index (χ3n) is 2.50. The number of nitro groups is 1. The van der Waals surface area contributed by atoms with Crippen LogP contribution < -0.4 is 14.2 Å². The molecular formula is C13H15F2NO5.